The highest BCUT2D eigenvalue weighted by Gasteiger charge is 2.41. The van der Waals surface area contributed by atoms with Gasteiger partial charge in [0.05, 0.1) is 11.7 Å². The molecule has 1 spiro atoms. The molecule has 0 aromatic rings. The average molecular weight is 267 g/mol. The van der Waals surface area contributed by atoms with Crippen molar-refractivity contribution in [3.63, 3.8) is 0 Å². The molecule has 0 bridgehead atoms. The SMILES string of the molecule is CCNC(CCCC1CCC2(CCCC2)O1)C(C)C. The summed E-state index contributed by atoms with van der Waals surface area (Å²) in [4.78, 5) is 0. The fourth-order valence-corrected chi connectivity index (χ4v) is 3.98. The highest BCUT2D eigenvalue weighted by molar-refractivity contribution is 4.92. The molecule has 0 aromatic heterocycles. The van der Waals surface area contributed by atoms with E-state index in [9.17, 15) is 0 Å². The quantitative estimate of drug-likeness (QED) is 0.743. The topological polar surface area (TPSA) is 21.3 Å². The van der Waals surface area contributed by atoms with E-state index in [1.807, 2.05) is 0 Å². The molecule has 1 aliphatic heterocycles. The maximum absolute atomic E-state index is 6.39. The summed E-state index contributed by atoms with van der Waals surface area (Å²) in [5, 5.41) is 3.62. The van der Waals surface area contributed by atoms with Crippen LogP contribution in [0.25, 0.3) is 0 Å². The molecule has 1 saturated carbocycles. The predicted molar refractivity (Wildman–Crippen MR) is 81.5 cm³/mol. The molecule has 19 heavy (non-hydrogen) atoms. The fraction of sp³-hybridized carbons (Fsp3) is 1.00. The van der Waals surface area contributed by atoms with E-state index in [4.69, 9.17) is 4.74 Å². The summed E-state index contributed by atoms with van der Waals surface area (Å²) in [6, 6.07) is 0.687. The van der Waals surface area contributed by atoms with Crippen molar-refractivity contribution >= 4 is 0 Å². The third-order valence-corrected chi connectivity index (χ3v) is 5.17. The molecule has 1 saturated heterocycles. The van der Waals surface area contributed by atoms with Gasteiger partial charge in [-0.25, -0.2) is 0 Å². The summed E-state index contributed by atoms with van der Waals surface area (Å²) in [5.74, 6) is 0.741. The van der Waals surface area contributed by atoms with Crippen molar-refractivity contribution in [2.24, 2.45) is 5.92 Å². The van der Waals surface area contributed by atoms with Gasteiger partial charge in [-0.05, 0) is 57.4 Å². The van der Waals surface area contributed by atoms with E-state index in [1.54, 1.807) is 0 Å². The zero-order valence-corrected chi connectivity index (χ0v) is 13.2. The summed E-state index contributed by atoms with van der Waals surface area (Å²) in [7, 11) is 0. The lowest BCUT2D eigenvalue weighted by Gasteiger charge is -2.25. The van der Waals surface area contributed by atoms with Crippen molar-refractivity contribution in [2.75, 3.05) is 6.54 Å². The van der Waals surface area contributed by atoms with Gasteiger partial charge in [-0.15, -0.1) is 0 Å². The lowest BCUT2D eigenvalue weighted by molar-refractivity contribution is -0.0397. The van der Waals surface area contributed by atoms with Crippen LogP contribution >= 0.6 is 0 Å². The molecule has 1 aliphatic carbocycles. The van der Waals surface area contributed by atoms with E-state index >= 15 is 0 Å². The third kappa shape index (κ3) is 4.19. The summed E-state index contributed by atoms with van der Waals surface area (Å²) >= 11 is 0. The molecular weight excluding hydrogens is 234 g/mol. The van der Waals surface area contributed by atoms with Gasteiger partial charge in [0.1, 0.15) is 0 Å². The van der Waals surface area contributed by atoms with Crippen LogP contribution in [0.15, 0.2) is 0 Å². The standard InChI is InChI=1S/C17H33NO/c1-4-18-16(14(2)3)9-7-8-15-10-13-17(19-15)11-5-6-12-17/h14-16,18H,4-13H2,1-3H3. The normalized spacial score (nSPS) is 27.5. The van der Waals surface area contributed by atoms with Crippen LogP contribution in [0.4, 0.5) is 0 Å². The van der Waals surface area contributed by atoms with Crippen molar-refractivity contribution in [3.05, 3.63) is 0 Å². The van der Waals surface area contributed by atoms with Crippen molar-refractivity contribution in [1.82, 2.24) is 5.32 Å². The van der Waals surface area contributed by atoms with Crippen molar-refractivity contribution < 1.29 is 4.74 Å². The molecule has 112 valence electrons. The lowest BCUT2D eigenvalue weighted by atomic mass is 9.96. The highest BCUT2D eigenvalue weighted by Crippen LogP contribution is 2.44. The molecule has 0 amide bonds. The van der Waals surface area contributed by atoms with Crippen molar-refractivity contribution in [2.45, 2.75) is 96.3 Å². The van der Waals surface area contributed by atoms with Crippen molar-refractivity contribution in [1.29, 1.82) is 0 Å². The average Bonchev–Trinajstić information content (AvgIpc) is 2.99. The van der Waals surface area contributed by atoms with Crippen LogP contribution < -0.4 is 5.32 Å². The Bertz CT molecular complexity index is 258. The number of ether oxygens (including phenoxy) is 1. The van der Waals surface area contributed by atoms with E-state index < -0.39 is 0 Å². The van der Waals surface area contributed by atoms with Gasteiger partial charge in [0, 0.05) is 6.04 Å². The van der Waals surface area contributed by atoms with Gasteiger partial charge in [-0.1, -0.05) is 33.6 Å². The summed E-state index contributed by atoms with van der Waals surface area (Å²) in [6.45, 7) is 7.95. The molecule has 2 unspecified atom stereocenters. The molecule has 1 N–H and O–H groups in total. The van der Waals surface area contributed by atoms with Gasteiger partial charge < -0.3 is 10.1 Å². The van der Waals surface area contributed by atoms with E-state index in [0.717, 1.165) is 12.5 Å². The lowest BCUT2D eigenvalue weighted by Crippen LogP contribution is -2.33. The van der Waals surface area contributed by atoms with Gasteiger partial charge in [0.2, 0.25) is 0 Å². The minimum absolute atomic E-state index is 0.323. The van der Waals surface area contributed by atoms with Gasteiger partial charge in [-0.3, -0.25) is 0 Å². The van der Waals surface area contributed by atoms with E-state index in [-0.39, 0.29) is 0 Å². The van der Waals surface area contributed by atoms with Gasteiger partial charge in [0.25, 0.3) is 0 Å². The van der Waals surface area contributed by atoms with Crippen LogP contribution in [0.5, 0.6) is 0 Å². The molecule has 2 nitrogen and oxygen atoms in total. The monoisotopic (exact) mass is 267 g/mol. The van der Waals surface area contributed by atoms with Crippen LogP contribution in [0.2, 0.25) is 0 Å². The van der Waals surface area contributed by atoms with Crippen LogP contribution in [0.3, 0.4) is 0 Å². The third-order valence-electron chi connectivity index (χ3n) is 5.17. The van der Waals surface area contributed by atoms with Crippen LogP contribution in [0.1, 0.15) is 78.6 Å². The zero-order chi connectivity index (χ0) is 13.7. The van der Waals surface area contributed by atoms with Crippen LogP contribution in [0, 0.1) is 5.92 Å². The largest absolute Gasteiger partial charge is 0.372 e. The molecule has 2 fully saturated rings. The fourth-order valence-electron chi connectivity index (χ4n) is 3.98. The Balaban J connectivity index is 1.66. The molecule has 1 heterocycles. The Morgan fingerprint density at radius 2 is 1.95 bits per heavy atom. The Hall–Kier alpha value is -0.0800. The van der Waals surface area contributed by atoms with E-state index in [0.29, 0.717) is 17.7 Å². The summed E-state index contributed by atoms with van der Waals surface area (Å²) in [6.07, 6.45) is 12.5. The number of rotatable bonds is 7. The van der Waals surface area contributed by atoms with Gasteiger partial charge in [-0.2, -0.15) is 0 Å². The Kier molecular flexibility index (Phi) is 5.70. The molecule has 2 heteroatoms. The Labute approximate surface area is 119 Å². The molecule has 2 aliphatic rings. The smallest absolute Gasteiger partial charge is 0.0687 e. The Morgan fingerprint density at radius 3 is 2.58 bits per heavy atom. The van der Waals surface area contributed by atoms with Crippen LogP contribution in [-0.2, 0) is 4.74 Å². The second-order valence-electron chi connectivity index (χ2n) is 7.01. The first-order valence-electron chi connectivity index (χ1n) is 8.56. The first-order chi connectivity index (χ1) is 9.15. The van der Waals surface area contributed by atoms with Gasteiger partial charge >= 0.3 is 0 Å². The molecule has 0 aromatic carbocycles. The second kappa shape index (κ2) is 7.08. The van der Waals surface area contributed by atoms with Crippen LogP contribution in [-0.4, -0.2) is 24.3 Å². The maximum atomic E-state index is 6.39. The van der Waals surface area contributed by atoms with E-state index in [1.165, 1.54) is 57.8 Å². The molecule has 2 rings (SSSR count). The maximum Gasteiger partial charge on any atom is 0.0687 e. The molecule has 0 radical (unpaired) electrons. The second-order valence-corrected chi connectivity index (χ2v) is 7.01. The number of hydrogen-bond donors (Lipinski definition) is 1. The van der Waals surface area contributed by atoms with Gasteiger partial charge in [0.15, 0.2) is 0 Å². The zero-order valence-electron chi connectivity index (χ0n) is 13.2. The summed E-state index contributed by atoms with van der Waals surface area (Å²) in [5.41, 5.74) is 0.323. The molecular formula is C17H33NO. The minimum atomic E-state index is 0.323. The highest BCUT2D eigenvalue weighted by atomic mass is 16.5. The molecule has 2 atom stereocenters. The minimum Gasteiger partial charge on any atom is -0.372 e. The Morgan fingerprint density at radius 1 is 1.21 bits per heavy atom. The van der Waals surface area contributed by atoms with Crippen molar-refractivity contribution in [3.8, 4) is 0 Å². The predicted octanol–water partition coefficient (Wildman–Crippen LogP) is 4.28. The first kappa shape index (κ1) is 15.3. The number of hydrogen-bond acceptors (Lipinski definition) is 2. The summed E-state index contributed by atoms with van der Waals surface area (Å²) < 4.78 is 6.39. The first-order valence-corrected chi connectivity index (χ1v) is 8.56. The van der Waals surface area contributed by atoms with E-state index in [2.05, 4.69) is 26.1 Å². The number of nitrogens with one attached hydrogen (secondary N) is 1.